The van der Waals surface area contributed by atoms with Gasteiger partial charge in [-0.25, -0.2) is 8.78 Å². The molecule has 6 heteroatoms. The van der Waals surface area contributed by atoms with Gasteiger partial charge in [0, 0.05) is 24.9 Å². The van der Waals surface area contributed by atoms with E-state index in [1.807, 2.05) is 12.1 Å². The van der Waals surface area contributed by atoms with E-state index in [9.17, 15) is 13.6 Å². The predicted octanol–water partition coefficient (Wildman–Crippen LogP) is 2.00. The second kappa shape index (κ2) is 6.70. The van der Waals surface area contributed by atoms with Gasteiger partial charge in [0.05, 0.1) is 18.4 Å². The van der Waals surface area contributed by atoms with E-state index in [0.717, 1.165) is 17.8 Å². The quantitative estimate of drug-likeness (QED) is 0.909. The summed E-state index contributed by atoms with van der Waals surface area (Å²) in [7, 11) is 0. The van der Waals surface area contributed by atoms with Gasteiger partial charge in [-0.15, -0.1) is 0 Å². The van der Waals surface area contributed by atoms with Gasteiger partial charge < -0.3 is 5.32 Å². The number of hydrogen-bond donors (Lipinski definition) is 1. The molecule has 2 aromatic rings. The Balaban J connectivity index is 1.80. The summed E-state index contributed by atoms with van der Waals surface area (Å²) in [5.41, 5.74) is 1.02. The highest BCUT2D eigenvalue weighted by Crippen LogP contribution is 2.06. The van der Waals surface area contributed by atoms with E-state index in [1.165, 1.54) is 0 Å². The Morgan fingerprint density at radius 3 is 2.70 bits per heavy atom. The van der Waals surface area contributed by atoms with E-state index in [4.69, 9.17) is 0 Å². The number of rotatable bonds is 5. The average molecular weight is 277 g/mol. The molecular weight excluding hydrogens is 264 g/mol. The largest absolute Gasteiger partial charge is 0.350 e. The zero-order valence-corrected chi connectivity index (χ0v) is 10.6. The van der Waals surface area contributed by atoms with Crippen molar-refractivity contribution in [3.63, 3.8) is 0 Å². The molecule has 1 amide bonds. The lowest BCUT2D eigenvalue weighted by Crippen LogP contribution is -2.24. The van der Waals surface area contributed by atoms with Crippen LogP contribution in [0.25, 0.3) is 0 Å². The topological polar surface area (TPSA) is 54.9 Å². The van der Waals surface area contributed by atoms with Gasteiger partial charge in [-0.2, -0.15) is 0 Å². The van der Waals surface area contributed by atoms with Crippen molar-refractivity contribution in [3.05, 3.63) is 59.7 Å². The molecule has 0 fully saturated rings. The number of aryl methyl sites for hydroxylation is 1. The van der Waals surface area contributed by atoms with Crippen LogP contribution in [0.2, 0.25) is 0 Å². The van der Waals surface area contributed by atoms with Gasteiger partial charge in [-0.1, -0.05) is 0 Å². The summed E-state index contributed by atoms with van der Waals surface area (Å²) in [6.07, 6.45) is 5.10. The molecule has 2 heterocycles. The molecule has 0 aromatic carbocycles. The molecule has 0 radical (unpaired) electrons. The van der Waals surface area contributed by atoms with Crippen LogP contribution in [-0.4, -0.2) is 15.9 Å². The summed E-state index contributed by atoms with van der Waals surface area (Å²) in [5, 5.41) is 2.55. The lowest BCUT2D eigenvalue weighted by Gasteiger charge is -2.05. The number of nitrogens with zero attached hydrogens (tertiary/aromatic N) is 2. The Labute approximate surface area is 114 Å². The normalized spacial score (nSPS) is 10.3. The van der Waals surface area contributed by atoms with Crippen LogP contribution in [0.15, 0.2) is 36.8 Å². The van der Waals surface area contributed by atoms with E-state index in [2.05, 4.69) is 15.3 Å². The van der Waals surface area contributed by atoms with Crippen molar-refractivity contribution in [1.29, 1.82) is 0 Å². The van der Waals surface area contributed by atoms with Crippen LogP contribution in [0.5, 0.6) is 0 Å². The fraction of sp³-hybridized carbons (Fsp3) is 0.214. The molecule has 0 aliphatic rings. The fourth-order valence-corrected chi connectivity index (χ4v) is 1.65. The monoisotopic (exact) mass is 277 g/mol. The van der Waals surface area contributed by atoms with Crippen molar-refractivity contribution in [2.45, 2.75) is 19.4 Å². The lowest BCUT2D eigenvalue weighted by molar-refractivity contribution is -0.121. The van der Waals surface area contributed by atoms with Crippen LogP contribution in [0.4, 0.5) is 8.78 Å². The van der Waals surface area contributed by atoms with E-state index >= 15 is 0 Å². The van der Waals surface area contributed by atoms with Gasteiger partial charge in [-0.05, 0) is 24.1 Å². The van der Waals surface area contributed by atoms with Gasteiger partial charge in [0.2, 0.25) is 5.91 Å². The third kappa shape index (κ3) is 4.08. The maximum Gasteiger partial charge on any atom is 0.220 e. The summed E-state index contributed by atoms with van der Waals surface area (Å²) >= 11 is 0. The number of carbonyl (C=O) groups is 1. The molecule has 0 unspecified atom stereocenters. The van der Waals surface area contributed by atoms with Crippen LogP contribution in [0, 0.1) is 11.6 Å². The fourth-order valence-electron chi connectivity index (χ4n) is 1.65. The van der Waals surface area contributed by atoms with E-state index in [0.29, 0.717) is 6.42 Å². The van der Waals surface area contributed by atoms with Crippen LogP contribution >= 0.6 is 0 Å². The molecule has 20 heavy (non-hydrogen) atoms. The molecule has 0 saturated heterocycles. The Hall–Kier alpha value is -2.37. The van der Waals surface area contributed by atoms with Crippen LogP contribution < -0.4 is 5.32 Å². The third-order valence-corrected chi connectivity index (χ3v) is 2.73. The van der Waals surface area contributed by atoms with Gasteiger partial charge in [0.15, 0.2) is 0 Å². The van der Waals surface area contributed by atoms with Crippen molar-refractivity contribution < 1.29 is 13.6 Å². The zero-order chi connectivity index (χ0) is 14.4. The van der Waals surface area contributed by atoms with Crippen molar-refractivity contribution >= 4 is 5.91 Å². The lowest BCUT2D eigenvalue weighted by atomic mass is 10.1. The summed E-state index contributed by atoms with van der Waals surface area (Å²) in [6.45, 7) is -0.0543. The van der Waals surface area contributed by atoms with Gasteiger partial charge in [-0.3, -0.25) is 14.8 Å². The second-order valence-corrected chi connectivity index (χ2v) is 4.21. The maximum atomic E-state index is 13.3. The summed E-state index contributed by atoms with van der Waals surface area (Å²) in [6, 6.07) is 4.40. The molecule has 0 saturated carbocycles. The Bertz CT molecular complexity index is 590. The molecule has 0 spiro atoms. The second-order valence-electron chi connectivity index (χ2n) is 4.21. The molecule has 0 aliphatic heterocycles. The van der Waals surface area contributed by atoms with Crippen LogP contribution in [0.1, 0.15) is 17.7 Å². The highest BCUT2D eigenvalue weighted by molar-refractivity contribution is 5.76. The molecule has 0 atom stereocenters. The molecular formula is C14H13F2N3O. The van der Waals surface area contributed by atoms with Gasteiger partial charge in [0.1, 0.15) is 11.6 Å². The first-order chi connectivity index (χ1) is 9.65. The molecule has 2 aromatic heterocycles. The number of carbonyl (C=O) groups excluding carboxylic acids is 1. The number of aromatic nitrogens is 2. The maximum absolute atomic E-state index is 13.3. The third-order valence-electron chi connectivity index (χ3n) is 2.73. The first-order valence-electron chi connectivity index (χ1n) is 6.10. The molecule has 2 rings (SSSR count). The zero-order valence-electron chi connectivity index (χ0n) is 10.6. The Kier molecular flexibility index (Phi) is 4.70. The minimum absolute atomic E-state index is 0.0173. The Morgan fingerprint density at radius 1 is 1.25 bits per heavy atom. The number of nitrogens with one attached hydrogen (secondary N) is 1. The predicted molar refractivity (Wildman–Crippen MR) is 68.6 cm³/mol. The minimum atomic E-state index is -0.764. The molecule has 0 aliphatic carbocycles. The standard InChI is InChI=1S/C14H13F2N3O/c15-11-7-12(16)13(18-8-11)9-19-14(20)2-1-10-3-5-17-6-4-10/h3-8H,1-2,9H2,(H,19,20). The SMILES string of the molecule is O=C(CCc1ccncc1)NCc1ncc(F)cc1F. The van der Waals surface area contributed by atoms with E-state index in [1.54, 1.807) is 12.4 Å². The van der Waals surface area contributed by atoms with Gasteiger partial charge in [0.25, 0.3) is 0 Å². The summed E-state index contributed by atoms with van der Waals surface area (Å²) in [5.74, 6) is -1.72. The van der Waals surface area contributed by atoms with Crippen molar-refractivity contribution in [2.75, 3.05) is 0 Å². The number of pyridine rings is 2. The highest BCUT2D eigenvalue weighted by Gasteiger charge is 2.07. The molecule has 104 valence electrons. The first kappa shape index (κ1) is 14.0. The first-order valence-corrected chi connectivity index (χ1v) is 6.10. The summed E-state index contributed by atoms with van der Waals surface area (Å²) in [4.78, 5) is 19.1. The molecule has 4 nitrogen and oxygen atoms in total. The van der Waals surface area contributed by atoms with Crippen LogP contribution in [-0.2, 0) is 17.8 Å². The van der Waals surface area contributed by atoms with E-state index in [-0.39, 0.29) is 24.6 Å². The van der Waals surface area contributed by atoms with Crippen LogP contribution in [0.3, 0.4) is 0 Å². The van der Waals surface area contributed by atoms with Gasteiger partial charge >= 0.3 is 0 Å². The minimum Gasteiger partial charge on any atom is -0.350 e. The average Bonchev–Trinajstić information content (AvgIpc) is 2.45. The highest BCUT2D eigenvalue weighted by atomic mass is 19.1. The molecule has 0 bridgehead atoms. The smallest absolute Gasteiger partial charge is 0.220 e. The number of hydrogen-bond acceptors (Lipinski definition) is 3. The number of amides is 1. The Morgan fingerprint density at radius 2 is 2.00 bits per heavy atom. The van der Waals surface area contributed by atoms with E-state index < -0.39 is 11.6 Å². The molecule has 1 N–H and O–H groups in total. The summed E-state index contributed by atoms with van der Waals surface area (Å²) < 4.78 is 26.0. The van der Waals surface area contributed by atoms with Crippen molar-refractivity contribution in [1.82, 2.24) is 15.3 Å². The van der Waals surface area contributed by atoms with Crippen molar-refractivity contribution in [2.24, 2.45) is 0 Å². The number of halogens is 2. The van der Waals surface area contributed by atoms with Crippen molar-refractivity contribution in [3.8, 4) is 0 Å².